The Labute approximate surface area is 127 Å². The monoisotopic (exact) mass is 287 g/mol. The highest BCUT2D eigenvalue weighted by atomic mass is 16.2. The van der Waals surface area contributed by atoms with Crippen LogP contribution in [0.5, 0.6) is 0 Å². The summed E-state index contributed by atoms with van der Waals surface area (Å²) in [6.45, 7) is 9.00. The van der Waals surface area contributed by atoms with E-state index in [4.69, 9.17) is 0 Å². The minimum Gasteiger partial charge on any atom is -0.333 e. The first-order valence-electron chi connectivity index (χ1n) is 7.96. The molecule has 1 unspecified atom stereocenters. The van der Waals surface area contributed by atoms with E-state index in [2.05, 4.69) is 30.7 Å². The van der Waals surface area contributed by atoms with E-state index < -0.39 is 0 Å². The van der Waals surface area contributed by atoms with Crippen LogP contribution >= 0.6 is 0 Å². The topological polar surface area (TPSA) is 36.4 Å². The second-order valence-corrected chi connectivity index (χ2v) is 6.99. The number of likely N-dealkylation sites (tertiary alicyclic amines) is 1. The molecule has 1 aromatic rings. The normalized spacial score (nSPS) is 24.0. The summed E-state index contributed by atoms with van der Waals surface area (Å²) < 4.78 is 0. The third-order valence-electron chi connectivity index (χ3n) is 4.78. The van der Waals surface area contributed by atoms with E-state index in [-0.39, 0.29) is 17.4 Å². The molecule has 21 heavy (non-hydrogen) atoms. The summed E-state index contributed by atoms with van der Waals surface area (Å²) in [5.41, 5.74) is 1.34. The lowest BCUT2D eigenvalue weighted by atomic mass is 9.72. The summed E-state index contributed by atoms with van der Waals surface area (Å²) in [6, 6.07) is 4.90. The highest BCUT2D eigenvalue weighted by Crippen LogP contribution is 2.48. The number of hydrogen-bond acceptors (Lipinski definition) is 3. The fourth-order valence-corrected chi connectivity index (χ4v) is 3.54. The molecule has 0 aromatic carbocycles. The Morgan fingerprint density at radius 3 is 2.57 bits per heavy atom. The fourth-order valence-electron chi connectivity index (χ4n) is 3.54. The van der Waals surface area contributed by atoms with Gasteiger partial charge in [-0.25, -0.2) is 0 Å². The van der Waals surface area contributed by atoms with Crippen molar-refractivity contribution in [2.24, 2.45) is 5.41 Å². The van der Waals surface area contributed by atoms with Gasteiger partial charge in [-0.15, -0.1) is 0 Å². The maximum atomic E-state index is 12.7. The lowest BCUT2D eigenvalue weighted by Gasteiger charge is -2.55. The number of pyridine rings is 1. The molecule has 1 amide bonds. The zero-order valence-corrected chi connectivity index (χ0v) is 13.2. The van der Waals surface area contributed by atoms with Crippen LogP contribution in [-0.4, -0.2) is 46.4 Å². The average molecular weight is 287 g/mol. The Morgan fingerprint density at radius 1 is 1.38 bits per heavy atom. The molecule has 1 saturated carbocycles. The van der Waals surface area contributed by atoms with Gasteiger partial charge in [0.15, 0.2) is 0 Å². The van der Waals surface area contributed by atoms with Crippen LogP contribution in [-0.2, 0) is 4.79 Å². The van der Waals surface area contributed by atoms with Crippen LogP contribution in [0.4, 0.5) is 0 Å². The lowest BCUT2D eigenvalue weighted by molar-refractivity contribution is -0.153. The van der Waals surface area contributed by atoms with Crippen LogP contribution in [0.3, 0.4) is 0 Å². The van der Waals surface area contributed by atoms with Crippen molar-refractivity contribution in [3.8, 4) is 0 Å². The molecule has 114 valence electrons. The van der Waals surface area contributed by atoms with Crippen LogP contribution in [0, 0.1) is 5.41 Å². The molecule has 1 aromatic heterocycles. The second-order valence-electron chi connectivity index (χ2n) is 6.99. The molecule has 4 nitrogen and oxygen atoms in total. The van der Waals surface area contributed by atoms with Crippen molar-refractivity contribution >= 4 is 5.91 Å². The second kappa shape index (κ2) is 5.41. The quantitative estimate of drug-likeness (QED) is 0.835. The van der Waals surface area contributed by atoms with Crippen molar-refractivity contribution in [1.82, 2.24) is 14.8 Å². The first kappa shape index (κ1) is 14.5. The third kappa shape index (κ3) is 2.82. The number of likely N-dealkylation sites (N-methyl/N-ethyl adjacent to an activating group) is 1. The van der Waals surface area contributed by atoms with E-state index in [1.54, 1.807) is 0 Å². The zero-order valence-electron chi connectivity index (χ0n) is 13.2. The molecular weight excluding hydrogens is 262 g/mol. The van der Waals surface area contributed by atoms with Crippen LogP contribution in [0.1, 0.15) is 45.2 Å². The summed E-state index contributed by atoms with van der Waals surface area (Å²) in [4.78, 5) is 21.1. The summed E-state index contributed by atoms with van der Waals surface area (Å²) in [5, 5.41) is 0. The predicted molar refractivity (Wildman–Crippen MR) is 82.7 cm³/mol. The third-order valence-corrected chi connectivity index (χ3v) is 4.78. The van der Waals surface area contributed by atoms with Crippen molar-refractivity contribution in [3.05, 3.63) is 30.1 Å². The van der Waals surface area contributed by atoms with Gasteiger partial charge in [-0.1, -0.05) is 20.8 Å². The Balaban J connectivity index is 1.71. The van der Waals surface area contributed by atoms with Crippen molar-refractivity contribution in [2.75, 3.05) is 19.6 Å². The molecule has 0 spiro atoms. The molecule has 3 rings (SSSR count). The Bertz CT molecular complexity index is 510. The molecule has 2 heterocycles. The molecule has 0 bridgehead atoms. The fraction of sp³-hybridized carbons (Fsp3) is 0.647. The molecule has 1 saturated heterocycles. The van der Waals surface area contributed by atoms with Gasteiger partial charge in [0.25, 0.3) is 0 Å². The van der Waals surface area contributed by atoms with Crippen LogP contribution in [0.2, 0.25) is 0 Å². The van der Waals surface area contributed by atoms with Gasteiger partial charge in [0.05, 0.1) is 12.6 Å². The van der Waals surface area contributed by atoms with Gasteiger partial charge >= 0.3 is 0 Å². The first-order chi connectivity index (χ1) is 10.0. The Hall–Kier alpha value is -1.42. The molecule has 0 N–H and O–H groups in total. The Kier molecular flexibility index (Phi) is 3.74. The maximum Gasteiger partial charge on any atom is 0.237 e. The van der Waals surface area contributed by atoms with Crippen LogP contribution in [0.15, 0.2) is 24.5 Å². The van der Waals surface area contributed by atoms with E-state index in [9.17, 15) is 4.79 Å². The standard InChI is InChI=1S/C17H25N3O/c1-4-19(14-5-6-14)11-15(21)20-12-17(2,3)16(20)13-7-9-18-10-8-13/h7-10,14,16H,4-6,11-12H2,1-3H3. The van der Waals surface area contributed by atoms with E-state index in [1.165, 1.54) is 18.4 Å². The summed E-state index contributed by atoms with van der Waals surface area (Å²) in [7, 11) is 0. The molecule has 2 fully saturated rings. The Morgan fingerprint density at radius 2 is 2.05 bits per heavy atom. The van der Waals surface area contributed by atoms with Gasteiger partial charge in [-0.3, -0.25) is 14.7 Å². The molecule has 1 aliphatic heterocycles. The van der Waals surface area contributed by atoms with Gasteiger partial charge in [-0.2, -0.15) is 0 Å². The molecule has 0 radical (unpaired) electrons. The SMILES string of the molecule is CCN(CC(=O)N1CC(C)(C)C1c1ccncc1)C1CC1. The van der Waals surface area contributed by atoms with E-state index in [0.29, 0.717) is 12.6 Å². The highest BCUT2D eigenvalue weighted by molar-refractivity contribution is 5.80. The number of rotatable bonds is 5. The highest BCUT2D eigenvalue weighted by Gasteiger charge is 2.49. The average Bonchev–Trinajstić information content (AvgIpc) is 3.28. The molecular formula is C17H25N3O. The smallest absolute Gasteiger partial charge is 0.237 e. The minimum atomic E-state index is 0.146. The summed E-state index contributed by atoms with van der Waals surface area (Å²) in [6.07, 6.45) is 6.13. The zero-order chi connectivity index (χ0) is 15.0. The number of aromatic nitrogens is 1. The van der Waals surface area contributed by atoms with Crippen molar-refractivity contribution in [1.29, 1.82) is 0 Å². The molecule has 4 heteroatoms. The summed E-state index contributed by atoms with van der Waals surface area (Å²) in [5.74, 6) is 0.268. The number of carbonyl (C=O) groups excluding carboxylic acids is 1. The number of hydrogen-bond donors (Lipinski definition) is 0. The van der Waals surface area contributed by atoms with Crippen molar-refractivity contribution in [3.63, 3.8) is 0 Å². The minimum absolute atomic E-state index is 0.146. The van der Waals surface area contributed by atoms with E-state index >= 15 is 0 Å². The molecule has 2 aliphatic rings. The van der Waals surface area contributed by atoms with Gasteiger partial charge in [-0.05, 0) is 37.1 Å². The lowest BCUT2D eigenvalue weighted by Crippen LogP contribution is -2.59. The predicted octanol–water partition coefficient (Wildman–Crippen LogP) is 2.48. The summed E-state index contributed by atoms with van der Waals surface area (Å²) >= 11 is 0. The maximum absolute atomic E-state index is 12.7. The van der Waals surface area contributed by atoms with Crippen molar-refractivity contribution in [2.45, 2.75) is 45.7 Å². The number of carbonyl (C=O) groups is 1. The van der Waals surface area contributed by atoms with Gasteiger partial charge in [0.1, 0.15) is 0 Å². The van der Waals surface area contributed by atoms with Crippen molar-refractivity contribution < 1.29 is 4.79 Å². The largest absolute Gasteiger partial charge is 0.333 e. The van der Waals surface area contributed by atoms with Gasteiger partial charge < -0.3 is 4.90 Å². The first-order valence-corrected chi connectivity index (χ1v) is 7.96. The van der Waals surface area contributed by atoms with E-state index in [1.807, 2.05) is 29.4 Å². The van der Waals surface area contributed by atoms with E-state index in [0.717, 1.165) is 13.1 Å². The number of amides is 1. The number of nitrogens with zero attached hydrogens (tertiary/aromatic N) is 3. The van der Waals surface area contributed by atoms with Gasteiger partial charge in [0.2, 0.25) is 5.91 Å². The van der Waals surface area contributed by atoms with Crippen LogP contribution < -0.4 is 0 Å². The van der Waals surface area contributed by atoms with Gasteiger partial charge in [0, 0.05) is 30.4 Å². The van der Waals surface area contributed by atoms with Crippen LogP contribution in [0.25, 0.3) is 0 Å². The molecule has 1 atom stereocenters. The molecule has 1 aliphatic carbocycles.